The summed E-state index contributed by atoms with van der Waals surface area (Å²) in [6, 6.07) is 0. The number of Topliss-reactive ketones (excluding diaryl/α,β-unsaturated/α-hetero) is 1. The summed E-state index contributed by atoms with van der Waals surface area (Å²) in [7, 11) is 0. The molecule has 0 unspecified atom stereocenters. The summed E-state index contributed by atoms with van der Waals surface area (Å²) in [5.74, 6) is 0.0256. The van der Waals surface area contributed by atoms with Crippen LogP contribution in [0.4, 0.5) is 0 Å². The molecule has 0 bridgehead atoms. The van der Waals surface area contributed by atoms with Crippen molar-refractivity contribution in [2.24, 2.45) is 0 Å². The Morgan fingerprint density at radius 1 is 1.40 bits per heavy atom. The Balaban J connectivity index is 2.89. The van der Waals surface area contributed by atoms with Crippen LogP contribution in [0.1, 0.15) is 28.5 Å². The van der Waals surface area contributed by atoms with Gasteiger partial charge in [-0.2, -0.15) is 0 Å². The third-order valence-electron chi connectivity index (χ3n) is 2.66. The van der Waals surface area contributed by atoms with E-state index < -0.39 is 0 Å². The lowest BCUT2D eigenvalue weighted by Gasteiger charge is -2.06. The second-order valence-corrected chi connectivity index (χ2v) is 4.47. The van der Waals surface area contributed by atoms with Gasteiger partial charge in [-0.3, -0.25) is 9.20 Å². The Labute approximate surface area is 96.3 Å². The number of fused-ring (bicyclic) bond motifs is 1. The first-order valence-corrected chi connectivity index (χ1v) is 5.45. The van der Waals surface area contributed by atoms with Gasteiger partial charge in [-0.05, 0) is 40.9 Å². The van der Waals surface area contributed by atoms with E-state index in [0.717, 1.165) is 21.2 Å². The van der Waals surface area contributed by atoms with E-state index in [4.69, 9.17) is 0 Å². The van der Waals surface area contributed by atoms with Crippen molar-refractivity contribution in [1.82, 2.24) is 9.38 Å². The van der Waals surface area contributed by atoms with Crippen molar-refractivity contribution in [2.75, 3.05) is 0 Å². The number of imidazole rings is 1. The molecule has 0 aliphatic heterocycles. The van der Waals surface area contributed by atoms with Crippen molar-refractivity contribution >= 4 is 27.4 Å². The standard InChI is InChI=1S/C11H11BrN2O/c1-6-7(2)11-13-4-10(8(3)15)14(11)5-9(6)12/h4-5H,1-3H3. The summed E-state index contributed by atoms with van der Waals surface area (Å²) in [6.07, 6.45) is 3.51. The van der Waals surface area contributed by atoms with Gasteiger partial charge in [-0.25, -0.2) is 4.98 Å². The normalized spacial score (nSPS) is 10.9. The molecular weight excluding hydrogens is 256 g/mol. The number of aryl methyl sites for hydroxylation is 1. The van der Waals surface area contributed by atoms with Crippen LogP contribution in [0, 0.1) is 13.8 Å². The molecule has 2 aromatic rings. The van der Waals surface area contributed by atoms with Crippen LogP contribution >= 0.6 is 15.9 Å². The van der Waals surface area contributed by atoms with E-state index in [-0.39, 0.29) is 5.78 Å². The number of halogens is 1. The monoisotopic (exact) mass is 266 g/mol. The molecule has 0 amide bonds. The summed E-state index contributed by atoms with van der Waals surface area (Å²) in [5, 5.41) is 0. The average Bonchev–Trinajstić information content (AvgIpc) is 2.58. The number of rotatable bonds is 1. The zero-order valence-corrected chi connectivity index (χ0v) is 10.4. The quantitative estimate of drug-likeness (QED) is 0.744. The second kappa shape index (κ2) is 3.45. The van der Waals surface area contributed by atoms with E-state index in [0.29, 0.717) is 5.69 Å². The summed E-state index contributed by atoms with van der Waals surface area (Å²) in [5.41, 5.74) is 3.72. The molecule has 4 heteroatoms. The van der Waals surface area contributed by atoms with Crippen molar-refractivity contribution in [3.05, 3.63) is 33.7 Å². The highest BCUT2D eigenvalue weighted by molar-refractivity contribution is 9.10. The number of hydrogen-bond donors (Lipinski definition) is 0. The summed E-state index contributed by atoms with van der Waals surface area (Å²) in [6.45, 7) is 5.58. The van der Waals surface area contributed by atoms with Gasteiger partial charge in [-0.1, -0.05) is 0 Å². The number of hydrogen-bond acceptors (Lipinski definition) is 2. The number of aromatic nitrogens is 2. The highest BCUT2D eigenvalue weighted by atomic mass is 79.9. The summed E-state index contributed by atoms with van der Waals surface area (Å²) in [4.78, 5) is 15.6. The van der Waals surface area contributed by atoms with Crippen molar-refractivity contribution in [3.8, 4) is 0 Å². The smallest absolute Gasteiger partial charge is 0.178 e. The van der Waals surface area contributed by atoms with Crippen LogP contribution in [0.2, 0.25) is 0 Å². The van der Waals surface area contributed by atoms with Crippen LogP contribution in [0.25, 0.3) is 5.65 Å². The van der Waals surface area contributed by atoms with Crippen LogP contribution in [0.3, 0.4) is 0 Å². The third-order valence-corrected chi connectivity index (χ3v) is 3.46. The molecule has 3 nitrogen and oxygen atoms in total. The maximum Gasteiger partial charge on any atom is 0.178 e. The second-order valence-electron chi connectivity index (χ2n) is 3.62. The van der Waals surface area contributed by atoms with Crippen molar-refractivity contribution in [1.29, 1.82) is 0 Å². The predicted octanol–water partition coefficient (Wildman–Crippen LogP) is 2.92. The van der Waals surface area contributed by atoms with Crippen LogP contribution in [-0.2, 0) is 0 Å². The van der Waals surface area contributed by atoms with Crippen LogP contribution in [-0.4, -0.2) is 15.2 Å². The molecule has 0 aliphatic rings. The number of pyridine rings is 1. The fraction of sp³-hybridized carbons (Fsp3) is 0.273. The highest BCUT2D eigenvalue weighted by Crippen LogP contribution is 2.23. The molecule has 78 valence electrons. The van der Waals surface area contributed by atoms with Gasteiger partial charge in [0.25, 0.3) is 0 Å². The van der Waals surface area contributed by atoms with E-state index in [1.54, 1.807) is 13.1 Å². The van der Waals surface area contributed by atoms with E-state index in [1.807, 2.05) is 24.4 Å². The molecule has 2 heterocycles. The minimum absolute atomic E-state index is 0.0256. The number of nitrogens with zero attached hydrogens (tertiary/aromatic N) is 2. The van der Waals surface area contributed by atoms with E-state index in [9.17, 15) is 4.79 Å². The molecule has 0 spiro atoms. The van der Waals surface area contributed by atoms with Crippen LogP contribution in [0.5, 0.6) is 0 Å². The van der Waals surface area contributed by atoms with Gasteiger partial charge in [-0.15, -0.1) is 0 Å². The van der Waals surface area contributed by atoms with Crippen LogP contribution < -0.4 is 0 Å². The van der Waals surface area contributed by atoms with Gasteiger partial charge in [0.15, 0.2) is 5.78 Å². The van der Waals surface area contributed by atoms with Gasteiger partial charge >= 0.3 is 0 Å². The lowest BCUT2D eigenvalue weighted by Crippen LogP contribution is -2.00. The minimum Gasteiger partial charge on any atom is -0.296 e. The average molecular weight is 267 g/mol. The zero-order chi connectivity index (χ0) is 11.2. The van der Waals surface area contributed by atoms with Crippen molar-refractivity contribution < 1.29 is 4.79 Å². The predicted molar refractivity (Wildman–Crippen MR) is 62.4 cm³/mol. The molecule has 0 aromatic carbocycles. The molecule has 0 fully saturated rings. The molecule has 0 saturated carbocycles. The first kappa shape index (κ1) is 10.4. The zero-order valence-electron chi connectivity index (χ0n) is 8.84. The van der Waals surface area contributed by atoms with Gasteiger partial charge in [0.05, 0.1) is 6.20 Å². The molecular formula is C11H11BrN2O. The Kier molecular flexibility index (Phi) is 2.38. The number of ketones is 1. The number of carbonyl (C=O) groups is 1. The molecule has 2 rings (SSSR count). The lowest BCUT2D eigenvalue weighted by atomic mass is 10.2. The van der Waals surface area contributed by atoms with Crippen molar-refractivity contribution in [3.63, 3.8) is 0 Å². The fourth-order valence-corrected chi connectivity index (χ4v) is 2.09. The maximum absolute atomic E-state index is 11.4. The fourth-order valence-electron chi connectivity index (χ4n) is 1.59. The maximum atomic E-state index is 11.4. The van der Waals surface area contributed by atoms with Gasteiger partial charge in [0, 0.05) is 17.6 Å². The molecule has 0 saturated heterocycles. The highest BCUT2D eigenvalue weighted by Gasteiger charge is 2.12. The molecule has 0 N–H and O–H groups in total. The molecule has 15 heavy (non-hydrogen) atoms. The molecule has 0 atom stereocenters. The summed E-state index contributed by atoms with van der Waals surface area (Å²) >= 11 is 3.48. The Morgan fingerprint density at radius 2 is 2.07 bits per heavy atom. The van der Waals surface area contributed by atoms with E-state index in [1.165, 1.54) is 0 Å². The lowest BCUT2D eigenvalue weighted by molar-refractivity contribution is 0.101. The topological polar surface area (TPSA) is 34.4 Å². The molecule has 2 aromatic heterocycles. The SMILES string of the molecule is CC(=O)c1cnc2c(C)c(C)c(Br)cn12. The van der Waals surface area contributed by atoms with Gasteiger partial charge in [0.2, 0.25) is 0 Å². The Bertz CT molecular complexity index is 557. The largest absolute Gasteiger partial charge is 0.296 e. The third kappa shape index (κ3) is 1.49. The minimum atomic E-state index is 0.0256. The van der Waals surface area contributed by atoms with Gasteiger partial charge in [0.1, 0.15) is 11.3 Å². The van der Waals surface area contributed by atoms with E-state index in [2.05, 4.69) is 20.9 Å². The molecule has 0 radical (unpaired) electrons. The van der Waals surface area contributed by atoms with Crippen molar-refractivity contribution in [2.45, 2.75) is 20.8 Å². The number of carbonyl (C=O) groups excluding carboxylic acids is 1. The molecule has 0 aliphatic carbocycles. The first-order chi connectivity index (χ1) is 7.02. The Hall–Kier alpha value is -1.16. The Morgan fingerprint density at radius 3 is 2.67 bits per heavy atom. The van der Waals surface area contributed by atoms with Crippen LogP contribution in [0.15, 0.2) is 16.9 Å². The van der Waals surface area contributed by atoms with E-state index >= 15 is 0 Å². The summed E-state index contributed by atoms with van der Waals surface area (Å²) < 4.78 is 2.82. The van der Waals surface area contributed by atoms with Gasteiger partial charge < -0.3 is 0 Å². The first-order valence-electron chi connectivity index (χ1n) is 4.66.